The van der Waals surface area contributed by atoms with Gasteiger partial charge in [0.15, 0.2) is 12.4 Å². The number of carbonyl (C=O) groups is 4. The number of nitrogens with zero attached hydrogens (tertiary/aromatic N) is 2. The molecule has 0 saturated carbocycles. The summed E-state index contributed by atoms with van der Waals surface area (Å²) < 4.78 is 11.3. The van der Waals surface area contributed by atoms with E-state index in [0.29, 0.717) is 54.1 Å². The van der Waals surface area contributed by atoms with Crippen LogP contribution >= 0.6 is 17.0 Å². The average molecular weight is 632 g/mol. The fourth-order valence-corrected chi connectivity index (χ4v) is 5.02. The van der Waals surface area contributed by atoms with Gasteiger partial charge in [0.1, 0.15) is 17.3 Å². The number of nitrogens with two attached hydrogens (primary N) is 1. The van der Waals surface area contributed by atoms with Gasteiger partial charge in [-0.1, -0.05) is 20.8 Å². The number of ketones is 1. The first-order chi connectivity index (χ1) is 18.8. The van der Waals surface area contributed by atoms with Crippen molar-refractivity contribution in [2.75, 3.05) is 31.2 Å². The summed E-state index contributed by atoms with van der Waals surface area (Å²) in [5.74, 6) is -1.55. The van der Waals surface area contributed by atoms with Crippen LogP contribution in [-0.4, -0.2) is 65.7 Å². The molecule has 0 bridgehead atoms. The van der Waals surface area contributed by atoms with Crippen LogP contribution in [0.4, 0.5) is 5.69 Å². The molecule has 4 N–H and O–H groups in total. The van der Waals surface area contributed by atoms with Crippen molar-refractivity contribution in [3.8, 4) is 11.5 Å². The number of carboxylic acid groups (broad SMARTS) is 1. The Balaban J connectivity index is 0.00000462. The maximum Gasteiger partial charge on any atom is 0.341 e. The Bertz CT molecular complexity index is 1420. The number of hydrogen-bond acceptors (Lipinski definition) is 7. The van der Waals surface area contributed by atoms with Crippen molar-refractivity contribution < 1.29 is 33.8 Å². The number of primary amides is 1. The summed E-state index contributed by atoms with van der Waals surface area (Å²) in [6.45, 7) is 7.85. The van der Waals surface area contributed by atoms with E-state index in [2.05, 4.69) is 0 Å². The van der Waals surface area contributed by atoms with Gasteiger partial charge in [0.25, 0.3) is 5.91 Å². The Morgan fingerprint density at radius 2 is 1.83 bits per heavy atom. The molecule has 0 aromatic heterocycles. The van der Waals surface area contributed by atoms with E-state index in [1.165, 1.54) is 11.0 Å². The number of carboxylic acids is 1. The largest absolute Gasteiger partial charge is 0.493 e. The lowest BCUT2D eigenvalue weighted by Gasteiger charge is -2.28. The number of aliphatic carboxylic acids is 1. The third-order valence-corrected chi connectivity index (χ3v) is 6.94. The summed E-state index contributed by atoms with van der Waals surface area (Å²) in [6.07, 6.45) is 0.988. The van der Waals surface area contributed by atoms with Crippen LogP contribution in [0.25, 0.3) is 0 Å². The number of fused-ring (bicyclic) bond motifs is 1. The molecule has 220 valence electrons. The van der Waals surface area contributed by atoms with Crippen LogP contribution in [0, 0.1) is 5.41 Å². The number of carbonyl (C=O) groups excluding carboxylic acids is 3. The van der Waals surface area contributed by atoms with Crippen LogP contribution in [0.3, 0.4) is 0 Å². The second kappa shape index (κ2) is 12.3. The molecule has 2 aromatic rings. The third kappa shape index (κ3) is 6.53. The number of hydrogen-bond donors (Lipinski definition) is 3. The van der Waals surface area contributed by atoms with Crippen molar-refractivity contribution >= 4 is 52.1 Å². The fourth-order valence-electron chi connectivity index (χ4n) is 5.02. The molecular formula is C29H35BrN4O7. The molecule has 11 nitrogen and oxygen atoms in total. The highest BCUT2D eigenvalue weighted by atomic mass is 79.9. The summed E-state index contributed by atoms with van der Waals surface area (Å²) in [7, 11) is 0. The number of amidine groups is 1. The first-order valence-electron chi connectivity index (χ1n) is 13.1. The van der Waals surface area contributed by atoms with Crippen LogP contribution in [0.1, 0.15) is 77.9 Å². The molecule has 4 rings (SSSR count). The van der Waals surface area contributed by atoms with Crippen LogP contribution in [-0.2, 0) is 21.5 Å². The highest BCUT2D eigenvalue weighted by Gasteiger charge is 2.33. The van der Waals surface area contributed by atoms with E-state index in [1.54, 1.807) is 30.0 Å². The van der Waals surface area contributed by atoms with E-state index in [1.807, 2.05) is 20.8 Å². The number of ether oxygens (including phenoxy) is 2. The molecule has 2 aliphatic rings. The minimum absolute atomic E-state index is 0. The first-order valence-corrected chi connectivity index (χ1v) is 13.1. The Morgan fingerprint density at radius 3 is 2.39 bits per heavy atom. The van der Waals surface area contributed by atoms with Gasteiger partial charge >= 0.3 is 5.97 Å². The lowest BCUT2D eigenvalue weighted by atomic mass is 9.84. The molecule has 2 aromatic carbocycles. The summed E-state index contributed by atoms with van der Waals surface area (Å²) in [5, 5.41) is 17.9. The van der Waals surface area contributed by atoms with Gasteiger partial charge in [-0.3, -0.25) is 19.8 Å². The third-order valence-electron chi connectivity index (χ3n) is 6.94. The molecular weight excluding hydrogens is 596 g/mol. The summed E-state index contributed by atoms with van der Waals surface area (Å²) >= 11 is 0. The Labute approximate surface area is 248 Å². The van der Waals surface area contributed by atoms with E-state index in [0.717, 1.165) is 5.56 Å². The minimum atomic E-state index is -1.15. The van der Waals surface area contributed by atoms with Gasteiger partial charge in [-0.05, 0) is 48.6 Å². The minimum Gasteiger partial charge on any atom is -0.493 e. The summed E-state index contributed by atoms with van der Waals surface area (Å²) in [6, 6.07) is 6.46. The fraction of sp³-hybridized carbons (Fsp3) is 0.414. The van der Waals surface area contributed by atoms with Crippen molar-refractivity contribution in [2.24, 2.45) is 5.73 Å². The number of benzene rings is 2. The molecule has 1 saturated heterocycles. The van der Waals surface area contributed by atoms with Crippen molar-refractivity contribution in [2.45, 2.75) is 52.5 Å². The van der Waals surface area contributed by atoms with E-state index in [9.17, 15) is 24.3 Å². The van der Waals surface area contributed by atoms with Gasteiger partial charge < -0.3 is 30.1 Å². The highest BCUT2D eigenvalue weighted by Crippen LogP contribution is 2.42. The monoisotopic (exact) mass is 630 g/mol. The molecule has 1 fully saturated rings. The second-order valence-electron chi connectivity index (χ2n) is 10.9. The van der Waals surface area contributed by atoms with Crippen molar-refractivity contribution in [3.63, 3.8) is 0 Å². The van der Waals surface area contributed by atoms with Gasteiger partial charge in [0.05, 0.1) is 24.4 Å². The summed E-state index contributed by atoms with van der Waals surface area (Å²) in [4.78, 5) is 52.8. The SMILES string of the molecule is Br.CCOc1cc2c(cc1C(N)=O)C(=N)N(CC(=O)c1cc(N3CCCC3=O)c(OCC(=O)O)c(C(C)(C)C)c1)C2. The highest BCUT2D eigenvalue weighted by molar-refractivity contribution is 8.93. The zero-order valence-electron chi connectivity index (χ0n) is 23.5. The van der Waals surface area contributed by atoms with Gasteiger partial charge in [0.2, 0.25) is 5.91 Å². The molecule has 0 atom stereocenters. The predicted molar refractivity (Wildman–Crippen MR) is 158 cm³/mol. The maximum atomic E-state index is 13.7. The predicted octanol–water partition coefficient (Wildman–Crippen LogP) is 3.67. The van der Waals surface area contributed by atoms with E-state index >= 15 is 0 Å². The maximum absolute atomic E-state index is 13.7. The Kier molecular flexibility index (Phi) is 9.47. The first kappa shape index (κ1) is 31.6. The lowest BCUT2D eigenvalue weighted by molar-refractivity contribution is -0.139. The topological polar surface area (TPSA) is 163 Å². The molecule has 12 heteroatoms. The molecule has 0 aliphatic carbocycles. The van der Waals surface area contributed by atoms with Gasteiger partial charge in [-0.15, -0.1) is 17.0 Å². The van der Waals surface area contributed by atoms with Crippen LogP contribution < -0.4 is 20.1 Å². The molecule has 0 radical (unpaired) electrons. The zero-order chi connectivity index (χ0) is 29.4. The Hall–Kier alpha value is -3.93. The molecule has 41 heavy (non-hydrogen) atoms. The van der Waals surface area contributed by atoms with Gasteiger partial charge in [-0.25, -0.2) is 4.79 Å². The normalized spacial score (nSPS) is 14.5. The zero-order valence-corrected chi connectivity index (χ0v) is 25.2. The van der Waals surface area contributed by atoms with Gasteiger partial charge in [0, 0.05) is 36.2 Å². The molecule has 2 amide bonds. The van der Waals surface area contributed by atoms with Crippen LogP contribution in [0.15, 0.2) is 24.3 Å². The number of rotatable bonds is 10. The number of amides is 2. The van der Waals surface area contributed by atoms with E-state index < -0.39 is 23.9 Å². The molecule has 0 unspecified atom stereocenters. The Morgan fingerprint density at radius 1 is 1.12 bits per heavy atom. The lowest BCUT2D eigenvalue weighted by Crippen LogP contribution is -2.31. The standard InChI is InChI=1S/C29H34N4O7.BrH/c1-5-39-23-11-17-13-32(27(30)18(17)12-19(23)28(31)38)14-22(34)16-9-20(29(2,3)4)26(40-15-25(36)37)21(10-16)33-8-6-7-24(33)35;/h9-12,30H,5-8,13-15H2,1-4H3,(H2,31,38)(H,36,37);1H. The number of nitrogens with one attached hydrogen (secondary N) is 1. The van der Waals surface area contributed by atoms with Crippen molar-refractivity contribution in [3.05, 3.63) is 52.1 Å². The van der Waals surface area contributed by atoms with Gasteiger partial charge in [-0.2, -0.15) is 0 Å². The molecule has 2 aliphatic heterocycles. The van der Waals surface area contributed by atoms with E-state index in [4.69, 9.17) is 20.6 Å². The molecule has 2 heterocycles. The van der Waals surface area contributed by atoms with Crippen molar-refractivity contribution in [1.82, 2.24) is 4.90 Å². The second-order valence-corrected chi connectivity index (χ2v) is 10.9. The van der Waals surface area contributed by atoms with Crippen molar-refractivity contribution in [1.29, 1.82) is 5.41 Å². The van der Waals surface area contributed by atoms with E-state index in [-0.39, 0.29) is 58.9 Å². The molecule has 0 spiro atoms. The quantitative estimate of drug-likeness (QED) is 0.335. The average Bonchev–Trinajstić information content (AvgIpc) is 3.43. The summed E-state index contributed by atoms with van der Waals surface area (Å²) in [5.41, 5.74) is 7.68. The van der Waals surface area contributed by atoms with Crippen LogP contribution in [0.2, 0.25) is 0 Å². The number of halogens is 1. The number of Topliss-reactive ketones (excluding diaryl/α,β-unsaturated/α-hetero) is 1. The van der Waals surface area contributed by atoms with Crippen LogP contribution in [0.5, 0.6) is 11.5 Å². The number of anilines is 1. The smallest absolute Gasteiger partial charge is 0.341 e.